The van der Waals surface area contributed by atoms with Crippen molar-refractivity contribution in [3.8, 4) is 11.3 Å². The van der Waals surface area contributed by atoms with Crippen LogP contribution in [0.1, 0.15) is 20.9 Å². The maximum Gasteiger partial charge on any atom is 0.416 e. The standard InChI is InChI=1S/C18H13F3N2OS/c1-11-22-16(10-25-11)14-7-2-3-8-15(14)23-17(24)12-5-4-6-13(9-12)18(19,20)21/h2-10H,1H3,(H,23,24). The van der Waals surface area contributed by atoms with Crippen molar-refractivity contribution in [3.05, 3.63) is 70.0 Å². The molecule has 1 amide bonds. The Kier molecular flexibility index (Phi) is 4.59. The molecule has 3 rings (SSSR count). The average Bonchev–Trinajstić information content (AvgIpc) is 3.01. The third-order valence-corrected chi connectivity index (χ3v) is 4.30. The highest BCUT2D eigenvalue weighted by molar-refractivity contribution is 7.09. The molecular formula is C18H13F3N2OS. The second-order valence-electron chi connectivity index (χ2n) is 5.33. The van der Waals surface area contributed by atoms with Crippen molar-refractivity contribution in [3.63, 3.8) is 0 Å². The van der Waals surface area contributed by atoms with Gasteiger partial charge in [0.15, 0.2) is 0 Å². The molecule has 1 heterocycles. The zero-order valence-electron chi connectivity index (χ0n) is 13.1. The number of hydrogen-bond acceptors (Lipinski definition) is 3. The lowest BCUT2D eigenvalue weighted by Gasteiger charge is -2.11. The van der Waals surface area contributed by atoms with E-state index in [4.69, 9.17) is 0 Å². The summed E-state index contributed by atoms with van der Waals surface area (Å²) >= 11 is 1.48. The van der Waals surface area contributed by atoms with Crippen LogP contribution in [0.2, 0.25) is 0 Å². The van der Waals surface area contributed by atoms with Gasteiger partial charge in [0.1, 0.15) is 0 Å². The summed E-state index contributed by atoms with van der Waals surface area (Å²) in [5.74, 6) is -0.606. The number of para-hydroxylation sites is 1. The second-order valence-corrected chi connectivity index (χ2v) is 6.39. The van der Waals surface area contributed by atoms with Gasteiger partial charge >= 0.3 is 6.18 Å². The summed E-state index contributed by atoms with van der Waals surface area (Å²) in [4.78, 5) is 16.8. The van der Waals surface area contributed by atoms with E-state index in [9.17, 15) is 18.0 Å². The number of halogens is 3. The number of carbonyl (C=O) groups excluding carboxylic acids is 1. The van der Waals surface area contributed by atoms with Gasteiger partial charge in [-0.1, -0.05) is 24.3 Å². The van der Waals surface area contributed by atoms with Gasteiger partial charge < -0.3 is 5.32 Å². The van der Waals surface area contributed by atoms with Crippen LogP contribution >= 0.6 is 11.3 Å². The summed E-state index contributed by atoms with van der Waals surface area (Å²) in [7, 11) is 0. The molecule has 0 spiro atoms. The molecule has 0 atom stereocenters. The monoisotopic (exact) mass is 362 g/mol. The van der Waals surface area contributed by atoms with E-state index < -0.39 is 17.6 Å². The van der Waals surface area contributed by atoms with Gasteiger partial charge in [-0.25, -0.2) is 4.98 Å². The van der Waals surface area contributed by atoms with E-state index in [-0.39, 0.29) is 5.56 Å². The smallest absolute Gasteiger partial charge is 0.321 e. The molecule has 1 N–H and O–H groups in total. The fourth-order valence-corrected chi connectivity index (χ4v) is 2.95. The Morgan fingerprint density at radius 1 is 1.12 bits per heavy atom. The van der Waals surface area contributed by atoms with Gasteiger partial charge in [0, 0.05) is 16.5 Å². The van der Waals surface area contributed by atoms with Crippen LogP contribution in [0.25, 0.3) is 11.3 Å². The highest BCUT2D eigenvalue weighted by atomic mass is 32.1. The molecule has 2 aromatic carbocycles. The summed E-state index contributed by atoms with van der Waals surface area (Å²) in [6.45, 7) is 1.87. The van der Waals surface area contributed by atoms with Crippen molar-refractivity contribution in [2.75, 3.05) is 5.32 Å². The molecule has 128 valence electrons. The van der Waals surface area contributed by atoms with Crippen molar-refractivity contribution in [2.45, 2.75) is 13.1 Å². The molecule has 25 heavy (non-hydrogen) atoms. The first-order valence-corrected chi connectivity index (χ1v) is 8.23. The number of benzene rings is 2. The zero-order valence-corrected chi connectivity index (χ0v) is 13.9. The predicted octanol–water partition coefficient (Wildman–Crippen LogP) is 5.39. The first kappa shape index (κ1) is 17.2. The van der Waals surface area contributed by atoms with Crippen molar-refractivity contribution >= 4 is 22.9 Å². The predicted molar refractivity (Wildman–Crippen MR) is 91.7 cm³/mol. The molecule has 0 aliphatic rings. The lowest BCUT2D eigenvalue weighted by atomic mass is 10.1. The highest BCUT2D eigenvalue weighted by Gasteiger charge is 2.30. The minimum absolute atomic E-state index is 0.0564. The van der Waals surface area contributed by atoms with E-state index in [0.717, 1.165) is 17.1 Å². The van der Waals surface area contributed by atoms with Gasteiger partial charge in [-0.2, -0.15) is 13.2 Å². The third-order valence-electron chi connectivity index (χ3n) is 3.52. The van der Waals surface area contributed by atoms with E-state index >= 15 is 0 Å². The van der Waals surface area contributed by atoms with Gasteiger partial charge in [0.25, 0.3) is 5.91 Å². The molecular weight excluding hydrogens is 349 g/mol. The molecule has 0 bridgehead atoms. The number of thiazole rings is 1. The van der Waals surface area contributed by atoms with Gasteiger partial charge in [-0.05, 0) is 31.2 Å². The topological polar surface area (TPSA) is 42.0 Å². The molecule has 0 aliphatic heterocycles. The fourth-order valence-electron chi connectivity index (χ4n) is 2.33. The first-order chi connectivity index (χ1) is 11.8. The summed E-state index contributed by atoms with van der Waals surface area (Å²) in [6, 6.07) is 11.4. The van der Waals surface area contributed by atoms with Crippen LogP contribution in [0, 0.1) is 6.92 Å². The van der Waals surface area contributed by atoms with Crippen LogP contribution in [0.5, 0.6) is 0 Å². The number of aryl methyl sites for hydroxylation is 1. The van der Waals surface area contributed by atoms with Crippen LogP contribution in [0.4, 0.5) is 18.9 Å². The molecule has 0 aliphatic carbocycles. The van der Waals surface area contributed by atoms with Crippen LogP contribution in [0.3, 0.4) is 0 Å². The number of nitrogens with one attached hydrogen (secondary N) is 1. The van der Waals surface area contributed by atoms with E-state index in [1.807, 2.05) is 18.4 Å². The van der Waals surface area contributed by atoms with E-state index in [1.54, 1.807) is 18.2 Å². The average molecular weight is 362 g/mol. The normalized spacial score (nSPS) is 11.4. The summed E-state index contributed by atoms with van der Waals surface area (Å²) < 4.78 is 38.4. The van der Waals surface area contributed by atoms with E-state index in [0.29, 0.717) is 16.9 Å². The number of aromatic nitrogens is 1. The Balaban J connectivity index is 1.90. The van der Waals surface area contributed by atoms with Crippen molar-refractivity contribution in [1.29, 1.82) is 0 Å². The quantitative estimate of drug-likeness (QED) is 0.679. The highest BCUT2D eigenvalue weighted by Crippen LogP contribution is 2.31. The van der Waals surface area contributed by atoms with Gasteiger partial charge in [0.2, 0.25) is 0 Å². The summed E-state index contributed by atoms with van der Waals surface area (Å²) in [6.07, 6.45) is -4.49. The largest absolute Gasteiger partial charge is 0.416 e. The molecule has 7 heteroatoms. The number of hydrogen-bond donors (Lipinski definition) is 1. The van der Waals surface area contributed by atoms with Gasteiger partial charge in [-0.15, -0.1) is 11.3 Å². The molecule has 1 aromatic heterocycles. The molecule has 3 aromatic rings. The van der Waals surface area contributed by atoms with E-state index in [2.05, 4.69) is 10.3 Å². The molecule has 0 saturated carbocycles. The molecule has 0 radical (unpaired) electrons. The Morgan fingerprint density at radius 3 is 2.56 bits per heavy atom. The van der Waals surface area contributed by atoms with Crippen molar-refractivity contribution < 1.29 is 18.0 Å². The summed E-state index contributed by atoms with van der Waals surface area (Å²) in [5.41, 5.74) is 1.01. The van der Waals surface area contributed by atoms with Gasteiger partial charge in [0.05, 0.1) is 22.0 Å². The van der Waals surface area contributed by atoms with Crippen LogP contribution in [-0.4, -0.2) is 10.9 Å². The first-order valence-electron chi connectivity index (χ1n) is 7.35. The maximum absolute atomic E-state index is 12.8. The minimum atomic E-state index is -4.49. The molecule has 0 fully saturated rings. The third kappa shape index (κ3) is 3.88. The number of carbonyl (C=O) groups is 1. The molecule has 0 saturated heterocycles. The number of amides is 1. The molecule has 3 nitrogen and oxygen atoms in total. The van der Waals surface area contributed by atoms with Crippen LogP contribution in [-0.2, 0) is 6.18 Å². The Labute approximate surface area is 146 Å². The van der Waals surface area contributed by atoms with Gasteiger partial charge in [-0.3, -0.25) is 4.79 Å². The Morgan fingerprint density at radius 2 is 1.88 bits per heavy atom. The number of alkyl halides is 3. The maximum atomic E-state index is 12.8. The number of nitrogens with zero attached hydrogens (tertiary/aromatic N) is 1. The lowest BCUT2D eigenvalue weighted by Crippen LogP contribution is -2.14. The van der Waals surface area contributed by atoms with Crippen molar-refractivity contribution in [1.82, 2.24) is 4.98 Å². The van der Waals surface area contributed by atoms with Crippen LogP contribution < -0.4 is 5.32 Å². The lowest BCUT2D eigenvalue weighted by molar-refractivity contribution is -0.137. The molecule has 0 unspecified atom stereocenters. The fraction of sp³-hybridized carbons (Fsp3) is 0.111. The zero-order chi connectivity index (χ0) is 18.0. The Hall–Kier alpha value is -2.67. The number of rotatable bonds is 3. The van der Waals surface area contributed by atoms with Crippen molar-refractivity contribution in [2.24, 2.45) is 0 Å². The number of anilines is 1. The van der Waals surface area contributed by atoms with E-state index in [1.165, 1.54) is 23.5 Å². The van der Waals surface area contributed by atoms with Crippen LogP contribution in [0.15, 0.2) is 53.9 Å². The minimum Gasteiger partial charge on any atom is -0.321 e. The summed E-state index contributed by atoms with van der Waals surface area (Å²) in [5, 5.41) is 5.42. The second kappa shape index (κ2) is 6.68. The Bertz CT molecular complexity index is 918. The SMILES string of the molecule is Cc1nc(-c2ccccc2NC(=O)c2cccc(C(F)(F)F)c2)cs1.